The van der Waals surface area contributed by atoms with Gasteiger partial charge in [0.1, 0.15) is 5.82 Å². The number of aryl methyl sites for hydroxylation is 2. The van der Waals surface area contributed by atoms with E-state index in [4.69, 9.17) is 0 Å². The number of hydrogen-bond acceptors (Lipinski definition) is 3. The summed E-state index contributed by atoms with van der Waals surface area (Å²) in [6.07, 6.45) is 0.800. The third kappa shape index (κ3) is 5.89. The number of anilines is 2. The summed E-state index contributed by atoms with van der Waals surface area (Å²) >= 11 is 0. The molecular formula is C22H28FN3O2. The van der Waals surface area contributed by atoms with Crippen LogP contribution in [0.4, 0.5) is 15.8 Å². The van der Waals surface area contributed by atoms with Gasteiger partial charge < -0.3 is 10.6 Å². The van der Waals surface area contributed by atoms with Gasteiger partial charge in [-0.05, 0) is 63.1 Å². The number of nitrogens with one attached hydrogen (secondary N) is 2. The number of para-hydroxylation sites is 1. The Morgan fingerprint density at radius 3 is 2.43 bits per heavy atom. The van der Waals surface area contributed by atoms with Crippen molar-refractivity contribution in [3.8, 4) is 0 Å². The Kier molecular flexibility index (Phi) is 7.70. The zero-order chi connectivity index (χ0) is 20.7. The molecule has 0 fully saturated rings. The molecular weight excluding hydrogens is 357 g/mol. The predicted molar refractivity (Wildman–Crippen MR) is 111 cm³/mol. The van der Waals surface area contributed by atoms with Crippen molar-refractivity contribution in [3.63, 3.8) is 0 Å². The number of halogens is 1. The Morgan fingerprint density at radius 2 is 1.79 bits per heavy atom. The third-order valence-electron chi connectivity index (χ3n) is 4.64. The van der Waals surface area contributed by atoms with Crippen LogP contribution in [0.15, 0.2) is 42.5 Å². The van der Waals surface area contributed by atoms with Crippen LogP contribution >= 0.6 is 0 Å². The number of rotatable bonds is 8. The van der Waals surface area contributed by atoms with Crippen LogP contribution < -0.4 is 10.6 Å². The maximum atomic E-state index is 13.7. The molecule has 1 atom stereocenters. The van der Waals surface area contributed by atoms with E-state index in [1.165, 1.54) is 6.07 Å². The van der Waals surface area contributed by atoms with Crippen LogP contribution in [0.2, 0.25) is 0 Å². The van der Waals surface area contributed by atoms with Crippen LogP contribution in [-0.2, 0) is 9.59 Å². The van der Waals surface area contributed by atoms with Crippen molar-refractivity contribution in [3.05, 3.63) is 59.4 Å². The molecule has 28 heavy (non-hydrogen) atoms. The molecule has 0 aliphatic carbocycles. The quantitative estimate of drug-likeness (QED) is 0.719. The van der Waals surface area contributed by atoms with Crippen LogP contribution in [0.5, 0.6) is 0 Å². The number of carbonyl (C=O) groups is 2. The molecule has 2 aromatic carbocycles. The molecule has 0 saturated carbocycles. The molecule has 0 saturated heterocycles. The number of hydrogen-bond donors (Lipinski definition) is 2. The van der Waals surface area contributed by atoms with E-state index in [1.54, 1.807) is 26.0 Å². The highest BCUT2D eigenvalue weighted by Gasteiger charge is 2.23. The molecule has 2 aromatic rings. The first kappa shape index (κ1) is 21.6. The fourth-order valence-corrected chi connectivity index (χ4v) is 2.87. The Hall–Kier alpha value is -2.73. The lowest BCUT2D eigenvalue weighted by Gasteiger charge is -2.27. The first-order chi connectivity index (χ1) is 13.3. The molecule has 0 heterocycles. The van der Waals surface area contributed by atoms with Gasteiger partial charge in [-0.25, -0.2) is 4.39 Å². The maximum Gasteiger partial charge on any atom is 0.241 e. The first-order valence-electron chi connectivity index (χ1n) is 9.48. The van der Waals surface area contributed by atoms with E-state index in [0.29, 0.717) is 17.8 Å². The van der Waals surface area contributed by atoms with Gasteiger partial charge in [-0.15, -0.1) is 0 Å². The standard InChI is InChI=1S/C22H28FN3O2/c1-5-12-26(14-21(27)25-20-9-7-6-8-16(20)3)17(4)22(28)24-18-11-10-15(2)19(23)13-18/h6-11,13,17H,5,12,14H2,1-4H3,(H,24,28)(H,25,27). The molecule has 0 spiro atoms. The van der Waals surface area contributed by atoms with E-state index in [0.717, 1.165) is 17.7 Å². The zero-order valence-corrected chi connectivity index (χ0v) is 16.9. The molecule has 150 valence electrons. The van der Waals surface area contributed by atoms with E-state index in [2.05, 4.69) is 10.6 Å². The predicted octanol–water partition coefficient (Wildman–Crippen LogP) is 4.12. The van der Waals surface area contributed by atoms with Crippen LogP contribution in [0.1, 0.15) is 31.4 Å². The summed E-state index contributed by atoms with van der Waals surface area (Å²) in [4.78, 5) is 26.9. The topological polar surface area (TPSA) is 61.4 Å². The highest BCUT2D eigenvalue weighted by atomic mass is 19.1. The number of benzene rings is 2. The molecule has 2 N–H and O–H groups in total. The fourth-order valence-electron chi connectivity index (χ4n) is 2.87. The minimum Gasteiger partial charge on any atom is -0.325 e. The number of nitrogens with zero attached hydrogens (tertiary/aromatic N) is 1. The first-order valence-corrected chi connectivity index (χ1v) is 9.48. The van der Waals surface area contributed by atoms with Gasteiger partial charge in [-0.1, -0.05) is 31.2 Å². The van der Waals surface area contributed by atoms with Crippen LogP contribution in [0, 0.1) is 19.7 Å². The average Bonchev–Trinajstić information content (AvgIpc) is 2.65. The molecule has 6 heteroatoms. The minimum atomic E-state index is -0.535. The lowest BCUT2D eigenvalue weighted by Crippen LogP contribution is -2.46. The second-order valence-corrected chi connectivity index (χ2v) is 6.96. The van der Waals surface area contributed by atoms with Crippen molar-refractivity contribution in [2.24, 2.45) is 0 Å². The molecule has 5 nitrogen and oxygen atoms in total. The molecule has 2 rings (SSSR count). The lowest BCUT2D eigenvalue weighted by molar-refractivity contribution is -0.123. The summed E-state index contributed by atoms with van der Waals surface area (Å²) in [5.41, 5.74) is 2.66. The van der Waals surface area contributed by atoms with E-state index in [-0.39, 0.29) is 24.2 Å². The second kappa shape index (κ2) is 9.99. The highest BCUT2D eigenvalue weighted by molar-refractivity contribution is 5.96. The smallest absolute Gasteiger partial charge is 0.241 e. The van der Waals surface area contributed by atoms with Crippen molar-refractivity contribution >= 4 is 23.2 Å². The summed E-state index contributed by atoms with van der Waals surface area (Å²) in [6.45, 7) is 8.02. The van der Waals surface area contributed by atoms with Crippen LogP contribution in [-0.4, -0.2) is 35.8 Å². The van der Waals surface area contributed by atoms with E-state index >= 15 is 0 Å². The van der Waals surface area contributed by atoms with Crippen molar-refractivity contribution in [2.75, 3.05) is 23.7 Å². The maximum absolute atomic E-state index is 13.7. The Balaban J connectivity index is 2.02. The summed E-state index contributed by atoms with van der Waals surface area (Å²) in [5, 5.41) is 5.62. The van der Waals surface area contributed by atoms with Crippen LogP contribution in [0.3, 0.4) is 0 Å². The normalized spacial score (nSPS) is 11.9. The van der Waals surface area contributed by atoms with Gasteiger partial charge >= 0.3 is 0 Å². The van der Waals surface area contributed by atoms with Gasteiger partial charge in [0.25, 0.3) is 0 Å². The summed E-state index contributed by atoms with van der Waals surface area (Å²) in [7, 11) is 0. The van der Waals surface area contributed by atoms with E-state index < -0.39 is 6.04 Å². The summed E-state index contributed by atoms with van der Waals surface area (Å²) in [6, 6.07) is 11.6. The molecule has 0 bridgehead atoms. The highest BCUT2D eigenvalue weighted by Crippen LogP contribution is 2.16. The largest absolute Gasteiger partial charge is 0.325 e. The molecule has 0 aliphatic heterocycles. The molecule has 0 aliphatic rings. The summed E-state index contributed by atoms with van der Waals surface area (Å²) < 4.78 is 13.7. The Bertz CT molecular complexity index is 838. The Labute approximate surface area is 165 Å². The third-order valence-corrected chi connectivity index (χ3v) is 4.64. The monoisotopic (exact) mass is 385 g/mol. The van der Waals surface area contributed by atoms with Gasteiger partial charge in [0.15, 0.2) is 0 Å². The van der Waals surface area contributed by atoms with Crippen LogP contribution in [0.25, 0.3) is 0 Å². The molecule has 2 amide bonds. The number of amides is 2. The Morgan fingerprint density at radius 1 is 1.07 bits per heavy atom. The lowest BCUT2D eigenvalue weighted by atomic mass is 10.2. The number of carbonyl (C=O) groups excluding carboxylic acids is 2. The van der Waals surface area contributed by atoms with Crippen molar-refractivity contribution in [1.82, 2.24) is 4.90 Å². The molecule has 1 unspecified atom stereocenters. The average molecular weight is 385 g/mol. The van der Waals surface area contributed by atoms with Gasteiger partial charge in [-0.2, -0.15) is 0 Å². The fraction of sp³-hybridized carbons (Fsp3) is 0.364. The van der Waals surface area contributed by atoms with Gasteiger partial charge in [-0.3, -0.25) is 14.5 Å². The van der Waals surface area contributed by atoms with E-state index in [1.807, 2.05) is 43.0 Å². The summed E-state index contributed by atoms with van der Waals surface area (Å²) in [5.74, 6) is -0.822. The van der Waals surface area contributed by atoms with Crippen molar-refractivity contribution in [2.45, 2.75) is 40.2 Å². The van der Waals surface area contributed by atoms with Crippen molar-refractivity contribution < 1.29 is 14.0 Å². The van der Waals surface area contributed by atoms with E-state index in [9.17, 15) is 14.0 Å². The SMILES string of the molecule is CCCN(CC(=O)Nc1ccccc1C)C(C)C(=O)Nc1ccc(C)c(F)c1. The zero-order valence-electron chi connectivity index (χ0n) is 16.9. The van der Waals surface area contributed by atoms with Gasteiger partial charge in [0, 0.05) is 11.4 Å². The van der Waals surface area contributed by atoms with Gasteiger partial charge in [0.2, 0.25) is 11.8 Å². The molecule has 0 radical (unpaired) electrons. The second-order valence-electron chi connectivity index (χ2n) is 6.96. The molecule has 0 aromatic heterocycles. The minimum absolute atomic E-state index is 0.0962. The van der Waals surface area contributed by atoms with Gasteiger partial charge in [0.05, 0.1) is 12.6 Å². The van der Waals surface area contributed by atoms with Crippen molar-refractivity contribution in [1.29, 1.82) is 0 Å².